The van der Waals surface area contributed by atoms with Crippen molar-refractivity contribution < 1.29 is 14.3 Å². The van der Waals surface area contributed by atoms with Crippen LogP contribution < -0.4 is 5.32 Å². The van der Waals surface area contributed by atoms with E-state index in [1.54, 1.807) is 7.05 Å². The van der Waals surface area contributed by atoms with Gasteiger partial charge in [-0.2, -0.15) is 0 Å². The zero-order chi connectivity index (χ0) is 12.0. The molecule has 0 amide bonds. The van der Waals surface area contributed by atoms with Crippen molar-refractivity contribution in [1.29, 1.82) is 0 Å². The van der Waals surface area contributed by atoms with Gasteiger partial charge in [-0.15, -0.1) is 0 Å². The number of carboxylic acid groups (broad SMARTS) is 1. The first-order chi connectivity index (χ1) is 7.65. The Morgan fingerprint density at radius 1 is 1.56 bits per heavy atom. The average Bonchev–Trinajstić information content (AvgIpc) is 2.24. The molecule has 0 aliphatic carbocycles. The number of nitrogens with one attached hydrogen (secondary N) is 1. The van der Waals surface area contributed by atoms with E-state index in [1.165, 1.54) is 6.07 Å². The van der Waals surface area contributed by atoms with Crippen LogP contribution in [-0.2, 0) is 0 Å². The van der Waals surface area contributed by atoms with Crippen LogP contribution in [-0.4, -0.2) is 24.7 Å². The maximum absolute atomic E-state index is 12.9. The van der Waals surface area contributed by atoms with Gasteiger partial charge in [0.15, 0.2) is 0 Å². The van der Waals surface area contributed by atoms with Crippen LogP contribution in [0, 0.1) is 17.7 Å². The van der Waals surface area contributed by atoms with Crippen LogP contribution in [0.15, 0.2) is 18.2 Å². The SMILES string of the molecule is CNCCC#Cc1cc(F)ccc1C(=O)O. The molecular formula is C12H12FNO2. The second-order valence-electron chi connectivity index (χ2n) is 3.15. The summed E-state index contributed by atoms with van der Waals surface area (Å²) in [6.07, 6.45) is 0.589. The number of aromatic carboxylic acids is 1. The predicted octanol–water partition coefficient (Wildman–Crippen LogP) is 1.48. The Labute approximate surface area is 93.3 Å². The van der Waals surface area contributed by atoms with Crippen LogP contribution in [0.1, 0.15) is 22.3 Å². The Kier molecular flexibility index (Phi) is 4.49. The quantitative estimate of drug-likeness (QED) is 0.600. The summed E-state index contributed by atoms with van der Waals surface area (Å²) in [7, 11) is 1.80. The molecule has 0 radical (unpaired) electrons. The highest BCUT2D eigenvalue weighted by Gasteiger charge is 2.08. The minimum absolute atomic E-state index is 0.0263. The van der Waals surface area contributed by atoms with Gasteiger partial charge >= 0.3 is 5.97 Å². The Balaban J connectivity index is 2.95. The van der Waals surface area contributed by atoms with Gasteiger partial charge in [0.1, 0.15) is 5.82 Å². The zero-order valence-electron chi connectivity index (χ0n) is 8.88. The van der Waals surface area contributed by atoms with Gasteiger partial charge in [0, 0.05) is 18.5 Å². The molecule has 0 saturated heterocycles. The maximum Gasteiger partial charge on any atom is 0.336 e. The third-order valence-electron chi connectivity index (χ3n) is 1.94. The van der Waals surface area contributed by atoms with Gasteiger partial charge in [-0.1, -0.05) is 11.8 Å². The molecule has 3 nitrogen and oxygen atoms in total. The summed E-state index contributed by atoms with van der Waals surface area (Å²) in [6.45, 7) is 0.713. The number of benzene rings is 1. The highest BCUT2D eigenvalue weighted by Crippen LogP contribution is 2.10. The molecule has 84 valence electrons. The predicted molar refractivity (Wildman–Crippen MR) is 58.8 cm³/mol. The molecule has 0 unspecified atom stereocenters. The Morgan fingerprint density at radius 2 is 2.31 bits per heavy atom. The fourth-order valence-electron chi connectivity index (χ4n) is 1.15. The number of rotatable bonds is 3. The molecule has 0 bridgehead atoms. The van der Waals surface area contributed by atoms with Gasteiger partial charge in [0.05, 0.1) is 5.56 Å². The lowest BCUT2D eigenvalue weighted by atomic mass is 10.1. The van der Waals surface area contributed by atoms with Crippen LogP contribution in [0.25, 0.3) is 0 Å². The summed E-state index contributed by atoms with van der Waals surface area (Å²) >= 11 is 0. The van der Waals surface area contributed by atoms with Gasteiger partial charge in [-0.3, -0.25) is 0 Å². The third-order valence-corrected chi connectivity index (χ3v) is 1.94. The molecule has 0 heterocycles. The smallest absolute Gasteiger partial charge is 0.336 e. The lowest BCUT2D eigenvalue weighted by molar-refractivity contribution is 0.0696. The van der Waals surface area contributed by atoms with E-state index >= 15 is 0 Å². The summed E-state index contributed by atoms with van der Waals surface area (Å²) in [5.41, 5.74) is 0.238. The number of halogens is 1. The highest BCUT2D eigenvalue weighted by molar-refractivity contribution is 5.90. The van der Waals surface area contributed by atoms with E-state index in [-0.39, 0.29) is 11.1 Å². The first-order valence-corrected chi connectivity index (χ1v) is 4.81. The molecule has 0 spiro atoms. The molecule has 0 fully saturated rings. The van der Waals surface area contributed by atoms with Crippen molar-refractivity contribution in [3.05, 3.63) is 35.1 Å². The van der Waals surface area contributed by atoms with Crippen LogP contribution >= 0.6 is 0 Å². The Hall–Kier alpha value is -1.86. The molecular weight excluding hydrogens is 209 g/mol. The monoisotopic (exact) mass is 221 g/mol. The average molecular weight is 221 g/mol. The van der Waals surface area contributed by atoms with Crippen molar-refractivity contribution in [2.75, 3.05) is 13.6 Å². The van der Waals surface area contributed by atoms with Gasteiger partial charge in [-0.05, 0) is 25.2 Å². The molecule has 0 atom stereocenters. The number of hydrogen-bond acceptors (Lipinski definition) is 2. The van der Waals surface area contributed by atoms with E-state index < -0.39 is 11.8 Å². The summed E-state index contributed by atoms with van der Waals surface area (Å²) < 4.78 is 12.9. The van der Waals surface area contributed by atoms with Crippen LogP contribution in [0.2, 0.25) is 0 Å². The first kappa shape index (κ1) is 12.2. The second kappa shape index (κ2) is 5.89. The largest absolute Gasteiger partial charge is 0.478 e. The van der Waals surface area contributed by atoms with Gasteiger partial charge < -0.3 is 10.4 Å². The standard InChI is InChI=1S/C12H12FNO2/c1-14-7-3-2-4-9-8-10(13)5-6-11(9)12(15)16/h5-6,8,14H,3,7H2,1H3,(H,15,16). The van der Waals surface area contributed by atoms with Gasteiger partial charge in [0.25, 0.3) is 0 Å². The maximum atomic E-state index is 12.9. The van der Waals surface area contributed by atoms with Crippen molar-refractivity contribution >= 4 is 5.97 Å². The van der Waals surface area contributed by atoms with E-state index in [4.69, 9.17) is 5.11 Å². The fraction of sp³-hybridized carbons (Fsp3) is 0.250. The van der Waals surface area contributed by atoms with Crippen molar-refractivity contribution in [3.63, 3.8) is 0 Å². The normalized spacial score (nSPS) is 9.38. The highest BCUT2D eigenvalue weighted by atomic mass is 19.1. The van der Waals surface area contributed by atoms with Gasteiger partial charge in [0.2, 0.25) is 0 Å². The lowest BCUT2D eigenvalue weighted by Crippen LogP contribution is -2.06. The minimum atomic E-state index is -1.10. The van der Waals surface area contributed by atoms with Gasteiger partial charge in [-0.25, -0.2) is 9.18 Å². The first-order valence-electron chi connectivity index (χ1n) is 4.81. The van der Waals surface area contributed by atoms with E-state index in [0.29, 0.717) is 13.0 Å². The topological polar surface area (TPSA) is 49.3 Å². The minimum Gasteiger partial charge on any atom is -0.478 e. The summed E-state index contributed by atoms with van der Waals surface area (Å²) in [6, 6.07) is 3.47. The molecule has 0 aliphatic rings. The third kappa shape index (κ3) is 3.37. The van der Waals surface area contributed by atoms with E-state index in [9.17, 15) is 9.18 Å². The van der Waals surface area contributed by atoms with Crippen LogP contribution in [0.3, 0.4) is 0 Å². The zero-order valence-corrected chi connectivity index (χ0v) is 8.88. The van der Waals surface area contributed by atoms with Crippen molar-refractivity contribution in [1.82, 2.24) is 5.32 Å². The molecule has 4 heteroatoms. The van der Waals surface area contributed by atoms with Crippen molar-refractivity contribution in [2.45, 2.75) is 6.42 Å². The molecule has 1 aromatic carbocycles. The Bertz CT molecular complexity index is 446. The van der Waals surface area contributed by atoms with Crippen LogP contribution in [0.5, 0.6) is 0 Å². The molecule has 0 aliphatic heterocycles. The van der Waals surface area contributed by atoms with Crippen LogP contribution in [0.4, 0.5) is 4.39 Å². The molecule has 2 N–H and O–H groups in total. The summed E-state index contributed by atoms with van der Waals surface area (Å²) in [4.78, 5) is 10.8. The molecule has 1 aromatic rings. The molecule has 16 heavy (non-hydrogen) atoms. The molecule has 1 rings (SSSR count). The van der Waals surface area contributed by atoms with E-state index in [1.807, 2.05) is 0 Å². The molecule has 0 aromatic heterocycles. The number of hydrogen-bond donors (Lipinski definition) is 2. The second-order valence-corrected chi connectivity index (χ2v) is 3.15. The van der Waals surface area contributed by atoms with E-state index in [0.717, 1.165) is 12.1 Å². The number of carboxylic acids is 1. The number of carbonyl (C=O) groups is 1. The Morgan fingerprint density at radius 3 is 2.94 bits per heavy atom. The summed E-state index contributed by atoms with van der Waals surface area (Å²) in [5.74, 6) is 3.86. The fourth-order valence-corrected chi connectivity index (χ4v) is 1.15. The van der Waals surface area contributed by atoms with Crippen molar-refractivity contribution in [2.24, 2.45) is 0 Å². The summed E-state index contributed by atoms with van der Waals surface area (Å²) in [5, 5.41) is 11.8. The van der Waals surface area contributed by atoms with Crippen molar-refractivity contribution in [3.8, 4) is 11.8 Å². The molecule has 0 saturated carbocycles. The lowest BCUT2D eigenvalue weighted by Gasteiger charge is -1.98. The van der Waals surface area contributed by atoms with E-state index in [2.05, 4.69) is 17.2 Å².